The lowest BCUT2D eigenvalue weighted by Crippen LogP contribution is -2.43. The van der Waals surface area contributed by atoms with E-state index in [9.17, 15) is 0 Å². The van der Waals surface area contributed by atoms with Gasteiger partial charge in [0, 0.05) is 58.1 Å². The molecule has 1 fully saturated rings. The molecule has 8 heteroatoms. The fourth-order valence-corrected chi connectivity index (χ4v) is 4.52. The van der Waals surface area contributed by atoms with Crippen molar-refractivity contribution >= 4 is 22.8 Å². The molecule has 1 aliphatic heterocycles. The molecule has 184 valence electrons. The summed E-state index contributed by atoms with van der Waals surface area (Å²) in [5, 5.41) is 6.63. The van der Waals surface area contributed by atoms with E-state index < -0.39 is 0 Å². The second-order valence-corrected chi connectivity index (χ2v) is 9.18. The van der Waals surface area contributed by atoms with Gasteiger partial charge < -0.3 is 24.8 Å². The Bertz CT molecular complexity index is 1070. The van der Waals surface area contributed by atoms with Gasteiger partial charge in [0.2, 0.25) is 5.95 Å². The van der Waals surface area contributed by atoms with Gasteiger partial charge in [-0.05, 0) is 31.2 Å². The molecule has 8 nitrogen and oxygen atoms in total. The number of aromatic nitrogens is 3. The second kappa shape index (κ2) is 11.5. The first-order chi connectivity index (χ1) is 16.6. The molecule has 1 aromatic carbocycles. The maximum absolute atomic E-state index is 5.81. The van der Waals surface area contributed by atoms with Gasteiger partial charge in [-0.15, -0.1) is 0 Å². The molecule has 0 spiro atoms. The number of methoxy groups -OCH3 is 1. The Morgan fingerprint density at radius 3 is 2.59 bits per heavy atom. The fraction of sp³-hybridized carbons (Fsp3) is 0.538. The molecular weight excluding hydrogens is 426 g/mol. The summed E-state index contributed by atoms with van der Waals surface area (Å²) in [5.41, 5.74) is 4.40. The highest BCUT2D eigenvalue weighted by molar-refractivity contribution is 5.87. The van der Waals surface area contributed by atoms with Crippen LogP contribution in [0.15, 0.2) is 30.5 Å². The van der Waals surface area contributed by atoms with E-state index in [1.165, 1.54) is 18.4 Å². The Kier molecular flexibility index (Phi) is 8.24. The standard InChI is InChI=1S/C26H39N7O/c1-5-6-7-11-28-25-24-22(29-26(27-2)30-25)10-12-33(24)19-21-9-8-20(17-23(21)34-4)18-32-15-13-31(3)14-16-32/h8-10,12,17H,5-7,11,13-16,18-19H2,1-4H3,(H2,27,28,29,30). The largest absolute Gasteiger partial charge is 0.496 e. The maximum Gasteiger partial charge on any atom is 0.225 e. The Balaban J connectivity index is 1.55. The van der Waals surface area contributed by atoms with Crippen LogP contribution in [-0.2, 0) is 13.1 Å². The van der Waals surface area contributed by atoms with Gasteiger partial charge >= 0.3 is 0 Å². The zero-order valence-electron chi connectivity index (χ0n) is 21.1. The summed E-state index contributed by atoms with van der Waals surface area (Å²) in [5.74, 6) is 2.44. The van der Waals surface area contributed by atoms with Crippen LogP contribution < -0.4 is 15.4 Å². The van der Waals surface area contributed by atoms with Crippen LogP contribution in [0.5, 0.6) is 5.75 Å². The number of piperazine rings is 1. The number of nitrogens with one attached hydrogen (secondary N) is 2. The van der Waals surface area contributed by atoms with Crippen molar-refractivity contribution in [3.63, 3.8) is 0 Å². The topological polar surface area (TPSA) is 70.5 Å². The quantitative estimate of drug-likeness (QED) is 0.417. The summed E-state index contributed by atoms with van der Waals surface area (Å²) in [6.45, 7) is 9.26. The molecule has 0 amide bonds. The van der Waals surface area contributed by atoms with E-state index >= 15 is 0 Å². The molecule has 2 aromatic heterocycles. The molecule has 1 aliphatic rings. The van der Waals surface area contributed by atoms with E-state index in [4.69, 9.17) is 9.72 Å². The molecule has 0 radical (unpaired) electrons. The molecule has 0 aliphatic carbocycles. The van der Waals surface area contributed by atoms with Gasteiger partial charge in [-0.3, -0.25) is 4.90 Å². The second-order valence-electron chi connectivity index (χ2n) is 9.18. The highest BCUT2D eigenvalue weighted by Crippen LogP contribution is 2.28. The molecule has 0 unspecified atom stereocenters. The number of nitrogens with zero attached hydrogens (tertiary/aromatic N) is 5. The van der Waals surface area contributed by atoms with Gasteiger partial charge in [0.1, 0.15) is 11.3 Å². The first kappa shape index (κ1) is 24.3. The summed E-state index contributed by atoms with van der Waals surface area (Å²) in [4.78, 5) is 14.3. The third kappa shape index (κ3) is 5.80. The smallest absolute Gasteiger partial charge is 0.225 e. The highest BCUT2D eigenvalue weighted by atomic mass is 16.5. The van der Waals surface area contributed by atoms with Crippen LogP contribution in [0, 0.1) is 0 Å². The summed E-state index contributed by atoms with van der Waals surface area (Å²) in [7, 11) is 5.81. The van der Waals surface area contributed by atoms with E-state index in [-0.39, 0.29) is 0 Å². The van der Waals surface area contributed by atoms with Crippen molar-refractivity contribution < 1.29 is 4.74 Å². The third-order valence-electron chi connectivity index (χ3n) is 6.60. The fourth-order valence-electron chi connectivity index (χ4n) is 4.52. The lowest BCUT2D eigenvalue weighted by Gasteiger charge is -2.32. The van der Waals surface area contributed by atoms with Crippen molar-refractivity contribution in [3.05, 3.63) is 41.6 Å². The van der Waals surface area contributed by atoms with Gasteiger partial charge in [0.15, 0.2) is 5.82 Å². The molecule has 34 heavy (non-hydrogen) atoms. The molecule has 0 saturated carbocycles. The minimum atomic E-state index is 0.633. The molecule has 2 N–H and O–H groups in total. The maximum atomic E-state index is 5.81. The Morgan fingerprint density at radius 2 is 1.85 bits per heavy atom. The zero-order valence-corrected chi connectivity index (χ0v) is 21.1. The van der Waals surface area contributed by atoms with E-state index in [0.29, 0.717) is 12.5 Å². The zero-order chi connectivity index (χ0) is 23.9. The van der Waals surface area contributed by atoms with Crippen molar-refractivity contribution in [2.45, 2.75) is 39.3 Å². The highest BCUT2D eigenvalue weighted by Gasteiger charge is 2.16. The predicted octanol–water partition coefficient (Wildman–Crippen LogP) is 3.88. The minimum absolute atomic E-state index is 0.633. The van der Waals surface area contributed by atoms with Crippen molar-refractivity contribution in [2.24, 2.45) is 0 Å². The van der Waals surface area contributed by atoms with E-state index in [1.54, 1.807) is 7.11 Å². The number of unbranched alkanes of at least 4 members (excludes halogenated alkanes) is 2. The number of benzene rings is 1. The molecule has 3 heterocycles. The molecular formula is C26H39N7O. The summed E-state index contributed by atoms with van der Waals surface area (Å²) in [6.07, 6.45) is 5.62. The molecule has 4 rings (SSSR count). The number of hydrogen-bond acceptors (Lipinski definition) is 7. The molecule has 0 atom stereocenters. The average molecular weight is 466 g/mol. The molecule has 0 bridgehead atoms. The first-order valence-corrected chi connectivity index (χ1v) is 12.5. The lowest BCUT2D eigenvalue weighted by atomic mass is 10.1. The predicted molar refractivity (Wildman–Crippen MR) is 140 cm³/mol. The van der Waals surface area contributed by atoms with Crippen molar-refractivity contribution in [2.75, 3.05) is 64.6 Å². The third-order valence-corrected chi connectivity index (χ3v) is 6.60. The number of anilines is 2. The van der Waals surface area contributed by atoms with Crippen LogP contribution in [0.25, 0.3) is 11.0 Å². The normalized spacial score (nSPS) is 15.1. The number of rotatable bonds is 11. The van der Waals surface area contributed by atoms with Crippen molar-refractivity contribution in [1.82, 2.24) is 24.3 Å². The van der Waals surface area contributed by atoms with Crippen LogP contribution >= 0.6 is 0 Å². The summed E-state index contributed by atoms with van der Waals surface area (Å²) in [6, 6.07) is 8.69. The number of ether oxygens (including phenoxy) is 1. The van der Waals surface area contributed by atoms with Crippen LogP contribution in [0.3, 0.4) is 0 Å². The SMILES string of the molecule is CCCCCNc1nc(NC)nc2ccn(Cc3ccc(CN4CCN(C)CC4)cc3OC)c12. The number of hydrogen-bond donors (Lipinski definition) is 2. The molecule has 1 saturated heterocycles. The van der Waals surface area contributed by atoms with Crippen molar-refractivity contribution in [3.8, 4) is 5.75 Å². The van der Waals surface area contributed by atoms with Gasteiger partial charge in [-0.2, -0.15) is 4.98 Å². The first-order valence-electron chi connectivity index (χ1n) is 12.5. The van der Waals surface area contributed by atoms with Crippen molar-refractivity contribution in [1.29, 1.82) is 0 Å². The van der Waals surface area contributed by atoms with Gasteiger partial charge in [-0.1, -0.05) is 31.9 Å². The van der Waals surface area contributed by atoms with Gasteiger partial charge in [0.25, 0.3) is 0 Å². The average Bonchev–Trinajstić information content (AvgIpc) is 3.26. The van der Waals surface area contributed by atoms with Crippen LogP contribution in [0.1, 0.15) is 37.3 Å². The van der Waals surface area contributed by atoms with E-state index in [0.717, 1.165) is 73.9 Å². The Morgan fingerprint density at radius 1 is 1.03 bits per heavy atom. The van der Waals surface area contributed by atoms with Gasteiger partial charge in [-0.25, -0.2) is 4.98 Å². The Labute approximate surface area is 203 Å². The van der Waals surface area contributed by atoms with E-state index in [2.05, 4.69) is 74.4 Å². The molecule has 3 aromatic rings. The lowest BCUT2D eigenvalue weighted by molar-refractivity contribution is 0.148. The number of fused-ring (bicyclic) bond motifs is 1. The number of likely N-dealkylation sites (N-methyl/N-ethyl adjacent to an activating group) is 1. The van der Waals surface area contributed by atoms with Gasteiger partial charge in [0.05, 0.1) is 19.2 Å². The van der Waals surface area contributed by atoms with Crippen LogP contribution in [0.2, 0.25) is 0 Å². The van der Waals surface area contributed by atoms with Crippen LogP contribution in [-0.4, -0.2) is 78.3 Å². The monoisotopic (exact) mass is 465 g/mol. The summed E-state index contributed by atoms with van der Waals surface area (Å²) < 4.78 is 8.03. The minimum Gasteiger partial charge on any atom is -0.496 e. The van der Waals surface area contributed by atoms with E-state index in [1.807, 2.05) is 7.05 Å². The van der Waals surface area contributed by atoms with Crippen LogP contribution in [0.4, 0.5) is 11.8 Å². The Hall–Kier alpha value is -2.84. The summed E-state index contributed by atoms with van der Waals surface area (Å²) >= 11 is 0.